The first-order valence-corrected chi connectivity index (χ1v) is 5.69. The number of nitro benzene ring substituents is 1. The van der Waals surface area contributed by atoms with Gasteiger partial charge in [-0.15, -0.1) is 0 Å². The van der Waals surface area contributed by atoms with Gasteiger partial charge in [-0.3, -0.25) is 14.9 Å². The van der Waals surface area contributed by atoms with Gasteiger partial charge in [-0.2, -0.15) is 0 Å². The fraction of sp³-hybridized carbons (Fsp3) is 0. The second kappa shape index (κ2) is 5.53. The molecule has 2 aromatic carbocycles. The summed E-state index contributed by atoms with van der Waals surface area (Å²) in [5.74, 6) is -2.50. The van der Waals surface area contributed by atoms with Crippen molar-refractivity contribution in [2.45, 2.75) is 0 Å². The van der Waals surface area contributed by atoms with Gasteiger partial charge in [0, 0.05) is 11.8 Å². The van der Waals surface area contributed by atoms with Gasteiger partial charge in [-0.25, -0.2) is 8.78 Å². The van der Waals surface area contributed by atoms with Crippen molar-refractivity contribution in [1.82, 2.24) is 0 Å². The maximum absolute atomic E-state index is 13.7. The Hall–Kier alpha value is -3.03. The van der Waals surface area contributed by atoms with Crippen molar-refractivity contribution in [3.63, 3.8) is 0 Å². The monoisotopic (exact) mass is 293 g/mol. The van der Waals surface area contributed by atoms with Crippen LogP contribution in [0.1, 0.15) is 10.4 Å². The van der Waals surface area contributed by atoms with Crippen LogP contribution in [0.5, 0.6) is 0 Å². The zero-order valence-electron chi connectivity index (χ0n) is 10.5. The lowest BCUT2D eigenvalue weighted by Crippen LogP contribution is -2.14. The molecule has 0 fully saturated rings. The first-order chi connectivity index (χ1) is 9.88. The zero-order valence-corrected chi connectivity index (χ0v) is 10.5. The minimum absolute atomic E-state index is 0.169. The number of nitrogens with zero attached hydrogens (tertiary/aromatic N) is 1. The molecule has 0 atom stereocenters. The standard InChI is InChI=1S/C13H9F2N3O3/c14-10-4-1-7(5-12(10)16)17-13(19)9-3-2-8(18(20)21)6-11(9)15/h1-6H,16H2,(H,17,19). The molecule has 108 valence electrons. The molecule has 0 unspecified atom stereocenters. The van der Waals surface area contributed by atoms with Gasteiger partial charge in [-0.05, 0) is 24.3 Å². The number of hydrogen-bond acceptors (Lipinski definition) is 4. The molecule has 0 aliphatic heterocycles. The van der Waals surface area contributed by atoms with Crippen LogP contribution < -0.4 is 11.1 Å². The predicted molar refractivity (Wildman–Crippen MR) is 71.8 cm³/mol. The van der Waals surface area contributed by atoms with Gasteiger partial charge < -0.3 is 11.1 Å². The van der Waals surface area contributed by atoms with Gasteiger partial charge in [0.25, 0.3) is 11.6 Å². The molecule has 0 spiro atoms. The van der Waals surface area contributed by atoms with Gasteiger partial charge in [0.2, 0.25) is 0 Å². The Kier molecular flexibility index (Phi) is 3.79. The summed E-state index contributed by atoms with van der Waals surface area (Å²) in [7, 11) is 0. The van der Waals surface area contributed by atoms with Gasteiger partial charge in [-0.1, -0.05) is 0 Å². The van der Waals surface area contributed by atoms with Gasteiger partial charge in [0.15, 0.2) is 0 Å². The topological polar surface area (TPSA) is 98.3 Å². The first kappa shape index (κ1) is 14.4. The van der Waals surface area contributed by atoms with Gasteiger partial charge in [0.05, 0.1) is 22.2 Å². The highest BCUT2D eigenvalue weighted by molar-refractivity contribution is 6.04. The van der Waals surface area contributed by atoms with E-state index in [0.717, 1.165) is 18.2 Å². The number of anilines is 2. The SMILES string of the molecule is Nc1cc(NC(=O)c2ccc([N+](=O)[O-])cc2F)ccc1F. The minimum Gasteiger partial charge on any atom is -0.396 e. The number of rotatable bonds is 3. The third-order valence-corrected chi connectivity index (χ3v) is 2.66. The largest absolute Gasteiger partial charge is 0.396 e. The smallest absolute Gasteiger partial charge is 0.272 e. The van der Waals surface area contributed by atoms with Crippen molar-refractivity contribution >= 4 is 23.0 Å². The van der Waals surface area contributed by atoms with Crippen molar-refractivity contribution < 1.29 is 18.5 Å². The lowest BCUT2D eigenvalue weighted by atomic mass is 10.1. The van der Waals surface area contributed by atoms with Crippen LogP contribution in [0.3, 0.4) is 0 Å². The van der Waals surface area contributed by atoms with E-state index < -0.39 is 28.2 Å². The van der Waals surface area contributed by atoms with Crippen LogP contribution in [0.4, 0.5) is 25.8 Å². The summed E-state index contributed by atoms with van der Waals surface area (Å²) in [6, 6.07) is 6.14. The van der Waals surface area contributed by atoms with Crippen LogP contribution in [0.25, 0.3) is 0 Å². The highest BCUT2D eigenvalue weighted by atomic mass is 19.1. The Bertz CT molecular complexity index is 735. The number of amides is 1. The third kappa shape index (κ3) is 3.11. The van der Waals surface area contributed by atoms with Crippen LogP contribution in [-0.4, -0.2) is 10.8 Å². The quantitative estimate of drug-likeness (QED) is 0.516. The number of carbonyl (C=O) groups is 1. The number of nitro groups is 1. The number of nitrogens with one attached hydrogen (secondary N) is 1. The van der Waals surface area contributed by atoms with Crippen molar-refractivity contribution in [1.29, 1.82) is 0 Å². The Morgan fingerprint density at radius 2 is 1.86 bits per heavy atom. The molecule has 2 rings (SSSR count). The molecular weight excluding hydrogens is 284 g/mol. The number of non-ortho nitro benzene ring substituents is 1. The molecule has 0 radical (unpaired) electrons. The molecule has 0 saturated carbocycles. The molecule has 8 heteroatoms. The summed E-state index contributed by atoms with van der Waals surface area (Å²) in [5.41, 5.74) is 4.52. The van der Waals surface area contributed by atoms with E-state index in [1.54, 1.807) is 0 Å². The summed E-state index contributed by atoms with van der Waals surface area (Å²) in [5, 5.41) is 12.8. The molecule has 0 aliphatic carbocycles. The van der Waals surface area contributed by atoms with Crippen LogP contribution in [-0.2, 0) is 0 Å². The second-order valence-electron chi connectivity index (χ2n) is 4.11. The molecule has 0 heterocycles. The number of nitrogens with two attached hydrogens (primary N) is 1. The average molecular weight is 293 g/mol. The van der Waals surface area contributed by atoms with Crippen LogP contribution in [0, 0.1) is 21.7 Å². The molecule has 2 aromatic rings. The molecule has 6 nitrogen and oxygen atoms in total. The van der Waals surface area contributed by atoms with E-state index in [0.29, 0.717) is 6.07 Å². The highest BCUT2D eigenvalue weighted by Gasteiger charge is 2.16. The molecule has 0 aromatic heterocycles. The number of benzene rings is 2. The molecular formula is C13H9F2N3O3. The molecule has 0 saturated heterocycles. The minimum atomic E-state index is -1.03. The fourth-order valence-corrected chi connectivity index (χ4v) is 1.62. The Balaban J connectivity index is 2.24. The van der Waals surface area contributed by atoms with E-state index in [2.05, 4.69) is 5.32 Å². The molecule has 1 amide bonds. The van der Waals surface area contributed by atoms with E-state index in [1.165, 1.54) is 12.1 Å². The van der Waals surface area contributed by atoms with Crippen molar-refractivity contribution in [2.75, 3.05) is 11.1 Å². The lowest BCUT2D eigenvalue weighted by Gasteiger charge is -2.07. The van der Waals surface area contributed by atoms with Crippen molar-refractivity contribution in [2.24, 2.45) is 0 Å². The van der Waals surface area contributed by atoms with Crippen molar-refractivity contribution in [3.8, 4) is 0 Å². The third-order valence-electron chi connectivity index (χ3n) is 2.66. The predicted octanol–water partition coefficient (Wildman–Crippen LogP) is 2.71. The van der Waals surface area contributed by atoms with E-state index in [-0.39, 0.29) is 16.9 Å². The fourth-order valence-electron chi connectivity index (χ4n) is 1.62. The molecule has 0 aliphatic rings. The number of nitrogen functional groups attached to an aromatic ring is 1. The maximum atomic E-state index is 13.7. The maximum Gasteiger partial charge on any atom is 0.272 e. The van der Waals surface area contributed by atoms with E-state index >= 15 is 0 Å². The Morgan fingerprint density at radius 3 is 2.43 bits per heavy atom. The second-order valence-corrected chi connectivity index (χ2v) is 4.11. The summed E-state index contributed by atoms with van der Waals surface area (Å²) in [6.07, 6.45) is 0. The summed E-state index contributed by atoms with van der Waals surface area (Å²) < 4.78 is 26.6. The van der Waals surface area contributed by atoms with Gasteiger partial charge in [0.1, 0.15) is 11.6 Å². The van der Waals surface area contributed by atoms with Crippen LogP contribution >= 0.6 is 0 Å². The molecule has 3 N–H and O–H groups in total. The van der Waals surface area contributed by atoms with E-state index in [9.17, 15) is 23.7 Å². The summed E-state index contributed by atoms with van der Waals surface area (Å²) >= 11 is 0. The summed E-state index contributed by atoms with van der Waals surface area (Å²) in [6.45, 7) is 0. The molecule has 0 bridgehead atoms. The normalized spacial score (nSPS) is 10.2. The highest BCUT2D eigenvalue weighted by Crippen LogP contribution is 2.20. The number of halogens is 2. The first-order valence-electron chi connectivity index (χ1n) is 5.69. The zero-order chi connectivity index (χ0) is 15.6. The van der Waals surface area contributed by atoms with E-state index in [4.69, 9.17) is 5.73 Å². The molecule has 21 heavy (non-hydrogen) atoms. The number of carbonyl (C=O) groups excluding carboxylic acids is 1. The number of hydrogen-bond donors (Lipinski definition) is 2. The Labute approximate surface area is 117 Å². The van der Waals surface area contributed by atoms with Gasteiger partial charge >= 0.3 is 0 Å². The van der Waals surface area contributed by atoms with E-state index in [1.807, 2.05) is 0 Å². The Morgan fingerprint density at radius 1 is 1.14 bits per heavy atom. The average Bonchev–Trinajstić information content (AvgIpc) is 2.42. The summed E-state index contributed by atoms with van der Waals surface area (Å²) in [4.78, 5) is 21.6. The van der Waals surface area contributed by atoms with Crippen LogP contribution in [0.2, 0.25) is 0 Å². The van der Waals surface area contributed by atoms with Crippen LogP contribution in [0.15, 0.2) is 36.4 Å². The lowest BCUT2D eigenvalue weighted by molar-refractivity contribution is -0.385. The van der Waals surface area contributed by atoms with Crippen molar-refractivity contribution in [3.05, 3.63) is 63.7 Å².